The molecule has 0 unspecified atom stereocenters. The number of aromatic nitrogens is 3. The average molecular weight is 364 g/mol. The summed E-state index contributed by atoms with van der Waals surface area (Å²) in [6.45, 7) is 0. The number of amides is 1. The van der Waals surface area contributed by atoms with Crippen molar-refractivity contribution in [3.05, 3.63) is 65.0 Å². The average Bonchev–Trinajstić information content (AvgIpc) is 3.06. The predicted octanol–water partition coefficient (Wildman–Crippen LogP) is 2.71. The molecule has 7 heteroatoms. The Hall–Kier alpha value is -3.06. The summed E-state index contributed by atoms with van der Waals surface area (Å²) in [7, 11) is 1.59. The summed E-state index contributed by atoms with van der Waals surface area (Å²) >= 11 is 1.24. The van der Waals surface area contributed by atoms with Crippen LogP contribution in [-0.4, -0.2) is 33.2 Å². The van der Waals surface area contributed by atoms with E-state index in [1.807, 2.05) is 54.6 Å². The van der Waals surface area contributed by atoms with Crippen LogP contribution in [0.15, 0.2) is 64.5 Å². The topological polar surface area (TPSA) is 79.8 Å². The van der Waals surface area contributed by atoms with Crippen molar-refractivity contribution >= 4 is 39.6 Å². The fourth-order valence-electron chi connectivity index (χ4n) is 2.85. The van der Waals surface area contributed by atoms with Gasteiger partial charge in [-0.1, -0.05) is 48.2 Å². The summed E-state index contributed by atoms with van der Waals surface area (Å²) in [4.78, 5) is 32.8. The SMILES string of the molecule is CNC(=O)CSc1nc2c([nH]c3ccccc32)c(=O)n1-c1ccccc1. The Morgan fingerprint density at radius 3 is 2.65 bits per heavy atom. The Morgan fingerprint density at radius 1 is 1.15 bits per heavy atom. The highest BCUT2D eigenvalue weighted by Gasteiger charge is 2.17. The van der Waals surface area contributed by atoms with E-state index in [9.17, 15) is 9.59 Å². The third-order valence-electron chi connectivity index (χ3n) is 4.12. The lowest BCUT2D eigenvalue weighted by Gasteiger charge is -2.11. The molecule has 0 saturated heterocycles. The molecule has 0 saturated carbocycles. The molecule has 0 radical (unpaired) electrons. The molecule has 4 aromatic rings. The number of benzene rings is 2. The Morgan fingerprint density at radius 2 is 1.88 bits per heavy atom. The summed E-state index contributed by atoms with van der Waals surface area (Å²) in [6, 6.07) is 17.0. The molecule has 2 aromatic heterocycles. The molecule has 2 aromatic carbocycles. The van der Waals surface area contributed by atoms with E-state index >= 15 is 0 Å². The van der Waals surface area contributed by atoms with E-state index in [2.05, 4.69) is 10.3 Å². The maximum absolute atomic E-state index is 13.2. The molecule has 6 nitrogen and oxygen atoms in total. The fourth-order valence-corrected chi connectivity index (χ4v) is 3.72. The predicted molar refractivity (Wildman–Crippen MR) is 104 cm³/mol. The lowest BCUT2D eigenvalue weighted by atomic mass is 10.2. The molecule has 0 fully saturated rings. The molecule has 0 atom stereocenters. The number of para-hydroxylation sites is 2. The fraction of sp³-hybridized carbons (Fsp3) is 0.105. The monoisotopic (exact) mass is 364 g/mol. The first-order chi connectivity index (χ1) is 12.7. The van der Waals surface area contributed by atoms with E-state index in [0.29, 0.717) is 21.9 Å². The van der Waals surface area contributed by atoms with Crippen LogP contribution in [0.25, 0.3) is 27.6 Å². The van der Waals surface area contributed by atoms with E-state index in [0.717, 1.165) is 10.9 Å². The molecule has 0 aliphatic rings. The first kappa shape index (κ1) is 16.4. The van der Waals surface area contributed by atoms with Gasteiger partial charge in [0.2, 0.25) is 5.91 Å². The second-order valence-electron chi connectivity index (χ2n) is 5.73. The summed E-state index contributed by atoms with van der Waals surface area (Å²) in [5.74, 6) is 0.0618. The number of hydrogen-bond acceptors (Lipinski definition) is 4. The van der Waals surface area contributed by atoms with Crippen LogP contribution in [0.3, 0.4) is 0 Å². The largest absolute Gasteiger partial charge is 0.358 e. The zero-order valence-electron chi connectivity index (χ0n) is 14.0. The van der Waals surface area contributed by atoms with Gasteiger partial charge in [0.15, 0.2) is 5.16 Å². The van der Waals surface area contributed by atoms with Gasteiger partial charge < -0.3 is 10.3 Å². The van der Waals surface area contributed by atoms with Crippen molar-refractivity contribution in [2.45, 2.75) is 5.16 Å². The van der Waals surface area contributed by atoms with Gasteiger partial charge in [-0.25, -0.2) is 4.98 Å². The molecular weight excluding hydrogens is 348 g/mol. The molecule has 0 aliphatic carbocycles. The summed E-state index contributed by atoms with van der Waals surface area (Å²) < 4.78 is 1.55. The first-order valence-electron chi connectivity index (χ1n) is 8.11. The van der Waals surface area contributed by atoms with E-state index in [4.69, 9.17) is 4.98 Å². The molecule has 4 rings (SSSR count). The van der Waals surface area contributed by atoms with Gasteiger partial charge >= 0.3 is 0 Å². The second kappa shape index (κ2) is 6.68. The van der Waals surface area contributed by atoms with Crippen molar-refractivity contribution in [1.29, 1.82) is 0 Å². The number of hydrogen-bond donors (Lipinski definition) is 2. The number of carbonyl (C=O) groups is 1. The van der Waals surface area contributed by atoms with Crippen LogP contribution in [-0.2, 0) is 4.79 Å². The zero-order chi connectivity index (χ0) is 18.1. The number of carbonyl (C=O) groups excluding carboxylic acids is 1. The highest BCUT2D eigenvalue weighted by Crippen LogP contribution is 2.26. The number of nitrogens with zero attached hydrogens (tertiary/aromatic N) is 2. The molecular formula is C19H16N4O2S. The summed E-state index contributed by atoms with van der Waals surface area (Å²) in [5.41, 5.74) is 2.47. The van der Waals surface area contributed by atoms with Crippen molar-refractivity contribution in [3.8, 4) is 5.69 Å². The van der Waals surface area contributed by atoms with Gasteiger partial charge in [-0.05, 0) is 18.2 Å². The van der Waals surface area contributed by atoms with Crippen LogP contribution in [0.1, 0.15) is 0 Å². The smallest absolute Gasteiger partial charge is 0.283 e. The van der Waals surface area contributed by atoms with Gasteiger partial charge in [0, 0.05) is 18.0 Å². The highest BCUT2D eigenvalue weighted by molar-refractivity contribution is 7.99. The van der Waals surface area contributed by atoms with Crippen molar-refractivity contribution in [3.63, 3.8) is 0 Å². The van der Waals surface area contributed by atoms with Crippen molar-refractivity contribution in [2.24, 2.45) is 0 Å². The summed E-state index contributed by atoms with van der Waals surface area (Å²) in [5, 5.41) is 3.97. The summed E-state index contributed by atoms with van der Waals surface area (Å²) in [6.07, 6.45) is 0. The normalized spacial score (nSPS) is 11.1. The number of rotatable bonds is 4. The van der Waals surface area contributed by atoms with Crippen LogP contribution < -0.4 is 10.9 Å². The van der Waals surface area contributed by atoms with Crippen molar-refractivity contribution < 1.29 is 4.79 Å². The van der Waals surface area contributed by atoms with Gasteiger partial charge in [-0.2, -0.15) is 0 Å². The third-order valence-corrected chi connectivity index (χ3v) is 5.06. The number of H-pyrrole nitrogens is 1. The molecule has 1 amide bonds. The van der Waals surface area contributed by atoms with Gasteiger partial charge in [-0.15, -0.1) is 0 Å². The van der Waals surface area contributed by atoms with Crippen molar-refractivity contribution in [1.82, 2.24) is 19.9 Å². The Bertz CT molecular complexity index is 1160. The first-order valence-corrected chi connectivity index (χ1v) is 9.10. The van der Waals surface area contributed by atoms with E-state index in [1.165, 1.54) is 11.8 Å². The van der Waals surface area contributed by atoms with E-state index in [1.54, 1.807) is 11.6 Å². The standard InChI is InChI=1S/C19H16N4O2S/c1-20-15(24)11-26-19-22-16-13-9-5-6-10-14(13)21-17(16)18(25)23(19)12-7-3-2-4-8-12/h2-10,21H,11H2,1H3,(H,20,24). The molecule has 130 valence electrons. The molecule has 2 heterocycles. The minimum Gasteiger partial charge on any atom is -0.358 e. The Labute approximate surface area is 153 Å². The van der Waals surface area contributed by atoms with Crippen LogP contribution in [0.5, 0.6) is 0 Å². The van der Waals surface area contributed by atoms with Crippen LogP contribution in [0.2, 0.25) is 0 Å². The molecule has 2 N–H and O–H groups in total. The van der Waals surface area contributed by atoms with Gasteiger partial charge in [0.25, 0.3) is 5.56 Å². The number of aromatic amines is 1. The van der Waals surface area contributed by atoms with Crippen molar-refractivity contribution in [2.75, 3.05) is 12.8 Å². The number of thioether (sulfide) groups is 1. The molecule has 0 spiro atoms. The lowest BCUT2D eigenvalue weighted by molar-refractivity contribution is -0.118. The Kier molecular flexibility index (Phi) is 4.22. The second-order valence-corrected chi connectivity index (χ2v) is 6.67. The molecule has 0 bridgehead atoms. The van der Waals surface area contributed by atoms with Crippen LogP contribution >= 0.6 is 11.8 Å². The van der Waals surface area contributed by atoms with E-state index in [-0.39, 0.29) is 17.2 Å². The molecule has 26 heavy (non-hydrogen) atoms. The maximum atomic E-state index is 13.2. The van der Waals surface area contributed by atoms with Gasteiger partial charge in [0.1, 0.15) is 11.0 Å². The minimum atomic E-state index is -0.184. The maximum Gasteiger partial charge on any atom is 0.283 e. The minimum absolute atomic E-state index is 0.122. The number of fused-ring (bicyclic) bond motifs is 3. The Balaban J connectivity index is 1.99. The third kappa shape index (κ3) is 2.76. The van der Waals surface area contributed by atoms with E-state index < -0.39 is 0 Å². The van der Waals surface area contributed by atoms with Crippen LogP contribution in [0, 0.1) is 0 Å². The lowest BCUT2D eigenvalue weighted by Crippen LogP contribution is -2.24. The quantitative estimate of drug-likeness (QED) is 0.431. The number of nitrogens with one attached hydrogen (secondary N) is 2. The zero-order valence-corrected chi connectivity index (χ0v) is 14.8. The van der Waals surface area contributed by atoms with Gasteiger partial charge in [-0.3, -0.25) is 14.2 Å². The van der Waals surface area contributed by atoms with Gasteiger partial charge in [0.05, 0.1) is 11.4 Å². The highest BCUT2D eigenvalue weighted by atomic mass is 32.2. The molecule has 0 aliphatic heterocycles. The van der Waals surface area contributed by atoms with Crippen LogP contribution in [0.4, 0.5) is 0 Å².